The number of nitrogens with one attached hydrogen (secondary N) is 1. The second-order valence-electron chi connectivity index (χ2n) is 8.44. The highest BCUT2D eigenvalue weighted by atomic mass is 16.1. The molecule has 160 valence electrons. The number of anilines is 3. The standard InChI is InChI=1S/C22H31N7O/c1-14-19(16-7-8-18(23)25-13-16)20(28-22(24)26-14)29-11-9-15(10-12-29)21(30)27-17-5-3-2-4-6-17/h7-8,13,15,17H,2-6,9-12H2,1H3,(H2,23,25)(H,27,30)(H2,24,26,28). The molecule has 0 bridgehead atoms. The Morgan fingerprint density at radius 3 is 2.47 bits per heavy atom. The molecule has 8 nitrogen and oxygen atoms in total. The van der Waals surface area contributed by atoms with Crippen molar-refractivity contribution in [2.24, 2.45) is 5.92 Å². The van der Waals surface area contributed by atoms with E-state index in [0.29, 0.717) is 11.9 Å². The van der Waals surface area contributed by atoms with Crippen LogP contribution in [0.5, 0.6) is 0 Å². The molecule has 2 fully saturated rings. The second-order valence-corrected chi connectivity index (χ2v) is 8.44. The van der Waals surface area contributed by atoms with Crippen molar-refractivity contribution in [1.29, 1.82) is 0 Å². The molecule has 1 aliphatic heterocycles. The van der Waals surface area contributed by atoms with Crippen LogP contribution in [0.2, 0.25) is 0 Å². The summed E-state index contributed by atoms with van der Waals surface area (Å²) in [6.07, 6.45) is 9.32. The Balaban J connectivity index is 1.48. The fraction of sp³-hybridized carbons (Fsp3) is 0.545. The van der Waals surface area contributed by atoms with E-state index in [1.165, 1.54) is 19.3 Å². The Labute approximate surface area is 177 Å². The summed E-state index contributed by atoms with van der Waals surface area (Å²) in [6, 6.07) is 4.06. The van der Waals surface area contributed by atoms with Crippen molar-refractivity contribution in [1.82, 2.24) is 20.3 Å². The van der Waals surface area contributed by atoms with Gasteiger partial charge in [0.2, 0.25) is 11.9 Å². The minimum Gasteiger partial charge on any atom is -0.384 e. The number of amides is 1. The van der Waals surface area contributed by atoms with Crippen LogP contribution in [0.4, 0.5) is 17.6 Å². The first kappa shape index (κ1) is 20.4. The average Bonchev–Trinajstić information content (AvgIpc) is 2.75. The number of aromatic nitrogens is 3. The van der Waals surface area contributed by atoms with Gasteiger partial charge in [-0.05, 0) is 44.7 Å². The lowest BCUT2D eigenvalue weighted by atomic mass is 9.92. The summed E-state index contributed by atoms with van der Waals surface area (Å²) in [4.78, 5) is 28.1. The molecule has 0 atom stereocenters. The van der Waals surface area contributed by atoms with E-state index in [0.717, 1.165) is 61.4 Å². The predicted octanol–water partition coefficient (Wildman–Crippen LogP) is 2.68. The Morgan fingerprint density at radius 2 is 1.80 bits per heavy atom. The molecule has 1 saturated carbocycles. The van der Waals surface area contributed by atoms with Gasteiger partial charge >= 0.3 is 0 Å². The van der Waals surface area contributed by atoms with Crippen LogP contribution in [-0.4, -0.2) is 40.0 Å². The van der Waals surface area contributed by atoms with Gasteiger partial charge in [0, 0.05) is 42.4 Å². The highest BCUT2D eigenvalue weighted by Crippen LogP contribution is 2.34. The van der Waals surface area contributed by atoms with E-state index >= 15 is 0 Å². The van der Waals surface area contributed by atoms with Crippen molar-refractivity contribution in [3.63, 3.8) is 0 Å². The Kier molecular flexibility index (Phi) is 6.01. The first-order chi connectivity index (χ1) is 14.5. The molecule has 0 aromatic carbocycles. The molecule has 0 radical (unpaired) electrons. The lowest BCUT2D eigenvalue weighted by Crippen LogP contribution is -2.44. The zero-order valence-electron chi connectivity index (χ0n) is 17.6. The molecule has 2 aromatic rings. The molecular weight excluding hydrogens is 378 g/mol. The molecule has 0 spiro atoms. The predicted molar refractivity (Wildman–Crippen MR) is 119 cm³/mol. The van der Waals surface area contributed by atoms with Crippen LogP contribution in [0.15, 0.2) is 18.3 Å². The topological polar surface area (TPSA) is 123 Å². The lowest BCUT2D eigenvalue weighted by molar-refractivity contribution is -0.126. The van der Waals surface area contributed by atoms with Crippen molar-refractivity contribution >= 4 is 23.5 Å². The molecule has 2 aromatic heterocycles. The number of nitrogens with two attached hydrogens (primary N) is 2. The molecular formula is C22H31N7O. The third kappa shape index (κ3) is 4.47. The molecule has 8 heteroatoms. The zero-order chi connectivity index (χ0) is 21.1. The molecule has 5 N–H and O–H groups in total. The van der Waals surface area contributed by atoms with Crippen LogP contribution in [0.3, 0.4) is 0 Å². The Bertz CT molecular complexity index is 885. The van der Waals surface area contributed by atoms with E-state index in [-0.39, 0.29) is 17.8 Å². The summed E-state index contributed by atoms with van der Waals surface area (Å²) in [6.45, 7) is 3.44. The molecule has 1 amide bonds. The zero-order valence-corrected chi connectivity index (χ0v) is 17.6. The van der Waals surface area contributed by atoms with Crippen molar-refractivity contribution in [3.8, 4) is 11.1 Å². The highest BCUT2D eigenvalue weighted by Gasteiger charge is 2.29. The van der Waals surface area contributed by atoms with Gasteiger partial charge in [-0.1, -0.05) is 19.3 Å². The monoisotopic (exact) mass is 409 g/mol. The normalized spacial score (nSPS) is 18.4. The van der Waals surface area contributed by atoms with Crippen LogP contribution in [-0.2, 0) is 4.79 Å². The number of nitrogen functional groups attached to an aromatic ring is 2. The summed E-state index contributed by atoms with van der Waals surface area (Å²) in [5.41, 5.74) is 14.4. The Hall–Kier alpha value is -2.90. The maximum Gasteiger partial charge on any atom is 0.223 e. The van der Waals surface area contributed by atoms with Gasteiger partial charge in [0.25, 0.3) is 0 Å². The summed E-state index contributed by atoms with van der Waals surface area (Å²) in [5.74, 6) is 1.80. The van der Waals surface area contributed by atoms with Gasteiger partial charge in [-0.25, -0.2) is 9.97 Å². The van der Waals surface area contributed by atoms with E-state index in [1.54, 1.807) is 12.3 Å². The number of nitrogens with zero attached hydrogens (tertiary/aromatic N) is 4. The van der Waals surface area contributed by atoms with Crippen molar-refractivity contribution in [2.75, 3.05) is 29.5 Å². The molecule has 3 heterocycles. The van der Waals surface area contributed by atoms with Gasteiger partial charge in [0.05, 0.1) is 5.69 Å². The minimum atomic E-state index is 0.0603. The van der Waals surface area contributed by atoms with Gasteiger partial charge in [-0.3, -0.25) is 4.79 Å². The van der Waals surface area contributed by atoms with Crippen LogP contribution in [0, 0.1) is 12.8 Å². The summed E-state index contributed by atoms with van der Waals surface area (Å²) in [5, 5.41) is 3.28. The van der Waals surface area contributed by atoms with Gasteiger partial charge in [0.15, 0.2) is 0 Å². The van der Waals surface area contributed by atoms with E-state index in [1.807, 2.05) is 13.0 Å². The average molecular weight is 410 g/mol. The summed E-state index contributed by atoms with van der Waals surface area (Å²) in [7, 11) is 0. The number of carbonyl (C=O) groups excluding carboxylic acids is 1. The molecule has 1 saturated heterocycles. The van der Waals surface area contributed by atoms with E-state index < -0.39 is 0 Å². The number of carbonyl (C=O) groups is 1. The minimum absolute atomic E-state index is 0.0603. The number of aryl methyl sites for hydroxylation is 1. The van der Waals surface area contributed by atoms with Gasteiger partial charge in [0.1, 0.15) is 11.6 Å². The van der Waals surface area contributed by atoms with E-state index in [2.05, 4.69) is 25.2 Å². The number of hydrogen-bond acceptors (Lipinski definition) is 7. The lowest BCUT2D eigenvalue weighted by Gasteiger charge is -2.34. The van der Waals surface area contributed by atoms with Crippen LogP contribution in [0.1, 0.15) is 50.6 Å². The van der Waals surface area contributed by atoms with Gasteiger partial charge in [-0.15, -0.1) is 0 Å². The molecule has 4 rings (SSSR count). The number of piperidine rings is 1. The number of hydrogen-bond donors (Lipinski definition) is 3. The second kappa shape index (κ2) is 8.85. The summed E-state index contributed by atoms with van der Waals surface area (Å²) < 4.78 is 0. The maximum absolute atomic E-state index is 12.7. The third-order valence-corrected chi connectivity index (χ3v) is 6.28. The molecule has 30 heavy (non-hydrogen) atoms. The molecule has 2 aliphatic rings. The van der Waals surface area contributed by atoms with Crippen molar-refractivity contribution in [2.45, 2.75) is 57.9 Å². The van der Waals surface area contributed by atoms with Gasteiger partial charge in [-0.2, -0.15) is 4.98 Å². The number of pyridine rings is 1. The largest absolute Gasteiger partial charge is 0.384 e. The third-order valence-electron chi connectivity index (χ3n) is 6.28. The van der Waals surface area contributed by atoms with Crippen molar-refractivity contribution in [3.05, 3.63) is 24.0 Å². The summed E-state index contributed by atoms with van der Waals surface area (Å²) >= 11 is 0. The van der Waals surface area contributed by atoms with Gasteiger partial charge < -0.3 is 21.7 Å². The molecule has 1 aliphatic carbocycles. The first-order valence-electron chi connectivity index (χ1n) is 10.9. The smallest absolute Gasteiger partial charge is 0.223 e. The quantitative estimate of drug-likeness (QED) is 0.709. The van der Waals surface area contributed by atoms with E-state index in [9.17, 15) is 4.79 Å². The number of rotatable bonds is 4. The van der Waals surface area contributed by atoms with Crippen LogP contribution in [0.25, 0.3) is 11.1 Å². The van der Waals surface area contributed by atoms with E-state index in [4.69, 9.17) is 11.5 Å². The van der Waals surface area contributed by atoms with Crippen molar-refractivity contribution < 1.29 is 4.79 Å². The first-order valence-corrected chi connectivity index (χ1v) is 10.9. The van der Waals surface area contributed by atoms with Crippen LogP contribution < -0.4 is 21.7 Å². The fourth-order valence-corrected chi connectivity index (χ4v) is 4.62. The highest BCUT2D eigenvalue weighted by molar-refractivity contribution is 5.81. The maximum atomic E-state index is 12.7. The SMILES string of the molecule is Cc1nc(N)nc(N2CCC(C(=O)NC3CCCCC3)CC2)c1-c1ccc(N)nc1. The molecule has 0 unspecified atom stereocenters. The Morgan fingerprint density at radius 1 is 1.07 bits per heavy atom. The van der Waals surface area contributed by atoms with Crippen LogP contribution >= 0.6 is 0 Å². The fourth-order valence-electron chi connectivity index (χ4n) is 4.62.